The van der Waals surface area contributed by atoms with Crippen LogP contribution in [0.25, 0.3) is 0 Å². The van der Waals surface area contributed by atoms with E-state index in [-0.39, 0.29) is 11.8 Å². The van der Waals surface area contributed by atoms with Gasteiger partial charge in [-0.15, -0.1) is 11.3 Å². The van der Waals surface area contributed by atoms with Gasteiger partial charge in [0.2, 0.25) is 5.91 Å². The molecule has 2 unspecified atom stereocenters. The van der Waals surface area contributed by atoms with Gasteiger partial charge in [0.15, 0.2) is 0 Å². The van der Waals surface area contributed by atoms with E-state index in [4.69, 9.17) is 0 Å². The number of fused-ring (bicyclic) bond motifs is 1. The molecule has 20 heavy (non-hydrogen) atoms. The number of thiophene rings is 1. The van der Waals surface area contributed by atoms with E-state index in [1.54, 1.807) is 16.2 Å². The first kappa shape index (κ1) is 13.6. The van der Waals surface area contributed by atoms with Gasteiger partial charge in [0, 0.05) is 11.4 Å². The van der Waals surface area contributed by atoms with Crippen molar-refractivity contribution in [2.75, 3.05) is 6.54 Å². The molecule has 4 nitrogen and oxygen atoms in total. The number of nitrogens with zero attached hydrogens (tertiary/aromatic N) is 1. The zero-order valence-corrected chi connectivity index (χ0v) is 12.2. The normalized spacial score (nSPS) is 26.1. The number of carbonyl (C=O) groups is 2. The zero-order valence-electron chi connectivity index (χ0n) is 11.4. The van der Waals surface area contributed by atoms with E-state index in [0.29, 0.717) is 13.0 Å². The summed E-state index contributed by atoms with van der Waals surface area (Å²) < 4.78 is 0. The number of piperidine rings is 1. The van der Waals surface area contributed by atoms with E-state index >= 15 is 0 Å². The molecule has 0 aromatic carbocycles. The van der Waals surface area contributed by atoms with Crippen molar-refractivity contribution >= 4 is 23.2 Å². The molecule has 3 rings (SSSR count). The molecule has 0 radical (unpaired) electrons. The lowest BCUT2D eigenvalue weighted by atomic mass is 9.85. The molecule has 108 valence electrons. The molecule has 1 fully saturated rings. The molecule has 1 aromatic rings. The Hall–Kier alpha value is -1.36. The van der Waals surface area contributed by atoms with Crippen LogP contribution in [0.2, 0.25) is 0 Å². The second-order valence-electron chi connectivity index (χ2n) is 5.63. The molecule has 0 bridgehead atoms. The number of aliphatic carboxylic acids is 1. The highest BCUT2D eigenvalue weighted by atomic mass is 32.1. The van der Waals surface area contributed by atoms with Crippen LogP contribution in [0.1, 0.15) is 48.5 Å². The van der Waals surface area contributed by atoms with Crippen LogP contribution >= 0.6 is 11.3 Å². The second kappa shape index (κ2) is 5.56. The number of carbonyl (C=O) groups excluding carboxylic acids is 1. The second-order valence-corrected chi connectivity index (χ2v) is 6.63. The third-order valence-corrected chi connectivity index (χ3v) is 5.42. The van der Waals surface area contributed by atoms with E-state index < -0.39 is 12.0 Å². The van der Waals surface area contributed by atoms with Gasteiger partial charge in [-0.25, -0.2) is 4.79 Å². The molecule has 2 aliphatic rings. The highest BCUT2D eigenvalue weighted by Crippen LogP contribution is 2.37. The van der Waals surface area contributed by atoms with Crippen LogP contribution in [-0.2, 0) is 16.0 Å². The van der Waals surface area contributed by atoms with E-state index in [2.05, 4.69) is 0 Å². The Bertz CT molecular complexity index is 525. The van der Waals surface area contributed by atoms with E-state index in [9.17, 15) is 14.7 Å². The molecule has 1 amide bonds. The number of rotatable bonds is 2. The van der Waals surface area contributed by atoms with Gasteiger partial charge in [0.25, 0.3) is 0 Å². The Balaban J connectivity index is 1.84. The number of hydrogen-bond donors (Lipinski definition) is 1. The summed E-state index contributed by atoms with van der Waals surface area (Å²) >= 11 is 1.71. The van der Waals surface area contributed by atoms with Gasteiger partial charge in [-0.2, -0.15) is 0 Å². The highest BCUT2D eigenvalue weighted by Gasteiger charge is 2.37. The summed E-state index contributed by atoms with van der Waals surface area (Å²) in [6.45, 7) is 0.589. The number of carboxylic acid groups (broad SMARTS) is 1. The van der Waals surface area contributed by atoms with Crippen LogP contribution in [0.5, 0.6) is 0 Å². The predicted octanol–water partition coefficient (Wildman–Crippen LogP) is 2.63. The Morgan fingerprint density at radius 2 is 2.10 bits per heavy atom. The summed E-state index contributed by atoms with van der Waals surface area (Å²) in [6.07, 6.45) is 5.33. The van der Waals surface area contributed by atoms with Crippen LogP contribution < -0.4 is 0 Å². The topological polar surface area (TPSA) is 57.6 Å². The SMILES string of the molecule is O=C(O)C1CCCCN1C(=O)C1CCCc2sccc21. The Morgan fingerprint density at radius 1 is 1.25 bits per heavy atom. The molecular weight excluding hydrogens is 274 g/mol. The monoisotopic (exact) mass is 293 g/mol. The first-order valence-electron chi connectivity index (χ1n) is 7.28. The average Bonchev–Trinajstić information content (AvgIpc) is 2.94. The maximum absolute atomic E-state index is 12.8. The van der Waals surface area contributed by atoms with Crippen molar-refractivity contribution in [1.29, 1.82) is 0 Å². The lowest BCUT2D eigenvalue weighted by Gasteiger charge is -2.36. The fourth-order valence-electron chi connectivity index (χ4n) is 3.40. The number of aryl methyl sites for hydroxylation is 1. The molecule has 1 saturated heterocycles. The average molecular weight is 293 g/mol. The van der Waals surface area contributed by atoms with Gasteiger partial charge in [0.05, 0.1) is 5.92 Å². The maximum Gasteiger partial charge on any atom is 0.326 e. The minimum absolute atomic E-state index is 0.0245. The van der Waals surface area contributed by atoms with Crippen molar-refractivity contribution in [2.45, 2.75) is 50.5 Å². The van der Waals surface area contributed by atoms with Gasteiger partial charge >= 0.3 is 5.97 Å². The van der Waals surface area contributed by atoms with E-state index in [1.807, 2.05) is 11.4 Å². The predicted molar refractivity (Wildman–Crippen MR) is 77.0 cm³/mol. The van der Waals surface area contributed by atoms with Crippen molar-refractivity contribution in [2.24, 2.45) is 0 Å². The molecule has 2 atom stereocenters. The molecule has 1 N–H and O–H groups in total. The Morgan fingerprint density at radius 3 is 2.90 bits per heavy atom. The third kappa shape index (κ3) is 2.35. The Labute approximate surface area is 122 Å². The van der Waals surface area contributed by atoms with Crippen molar-refractivity contribution in [3.05, 3.63) is 21.9 Å². The van der Waals surface area contributed by atoms with Crippen LogP contribution in [0.4, 0.5) is 0 Å². The molecule has 0 spiro atoms. The Kier molecular flexibility index (Phi) is 3.78. The number of hydrogen-bond acceptors (Lipinski definition) is 3. The summed E-state index contributed by atoms with van der Waals surface area (Å²) in [7, 11) is 0. The van der Waals surface area contributed by atoms with Gasteiger partial charge < -0.3 is 10.0 Å². The van der Waals surface area contributed by atoms with Crippen LogP contribution in [-0.4, -0.2) is 34.5 Å². The molecule has 1 aromatic heterocycles. The molecule has 1 aliphatic carbocycles. The summed E-state index contributed by atoms with van der Waals surface area (Å²) in [5.74, 6) is -0.958. The molecule has 2 heterocycles. The smallest absolute Gasteiger partial charge is 0.326 e. The molecule has 0 saturated carbocycles. The minimum atomic E-state index is -0.862. The van der Waals surface area contributed by atoms with Gasteiger partial charge in [-0.1, -0.05) is 0 Å². The maximum atomic E-state index is 12.8. The summed E-state index contributed by atoms with van der Waals surface area (Å²) in [5, 5.41) is 11.4. The van der Waals surface area contributed by atoms with Crippen molar-refractivity contribution in [3.8, 4) is 0 Å². The molecular formula is C15H19NO3S. The number of carboxylic acids is 1. The molecule has 5 heteroatoms. The number of amides is 1. The fourth-order valence-corrected chi connectivity index (χ4v) is 4.38. The van der Waals surface area contributed by atoms with Gasteiger partial charge in [-0.3, -0.25) is 4.79 Å². The lowest BCUT2D eigenvalue weighted by Crippen LogP contribution is -2.49. The largest absolute Gasteiger partial charge is 0.480 e. The standard InChI is InChI=1S/C15H19NO3S/c17-14(16-8-2-1-5-12(16)15(18)19)11-4-3-6-13-10(11)7-9-20-13/h7,9,11-12H,1-6,8H2,(H,18,19). The first-order chi connectivity index (χ1) is 9.68. The van der Waals surface area contributed by atoms with Crippen molar-refractivity contribution < 1.29 is 14.7 Å². The summed E-state index contributed by atoms with van der Waals surface area (Å²) in [4.78, 5) is 27.1. The number of likely N-dealkylation sites (tertiary alicyclic amines) is 1. The van der Waals surface area contributed by atoms with Gasteiger partial charge in [-0.05, 0) is 55.5 Å². The third-order valence-electron chi connectivity index (χ3n) is 4.42. The van der Waals surface area contributed by atoms with Crippen LogP contribution in [0.3, 0.4) is 0 Å². The van der Waals surface area contributed by atoms with Crippen molar-refractivity contribution in [1.82, 2.24) is 4.90 Å². The first-order valence-corrected chi connectivity index (χ1v) is 8.16. The quantitative estimate of drug-likeness (QED) is 0.912. The van der Waals surface area contributed by atoms with Gasteiger partial charge in [0.1, 0.15) is 6.04 Å². The zero-order chi connectivity index (χ0) is 14.1. The molecule has 1 aliphatic heterocycles. The summed E-state index contributed by atoms with van der Waals surface area (Å²) in [6, 6.07) is 1.42. The highest BCUT2D eigenvalue weighted by molar-refractivity contribution is 7.10. The lowest BCUT2D eigenvalue weighted by molar-refractivity contribution is -0.152. The summed E-state index contributed by atoms with van der Waals surface area (Å²) in [5.41, 5.74) is 1.14. The van der Waals surface area contributed by atoms with Crippen LogP contribution in [0, 0.1) is 0 Å². The van der Waals surface area contributed by atoms with Crippen molar-refractivity contribution in [3.63, 3.8) is 0 Å². The minimum Gasteiger partial charge on any atom is -0.480 e. The van der Waals surface area contributed by atoms with E-state index in [0.717, 1.165) is 37.7 Å². The van der Waals surface area contributed by atoms with E-state index in [1.165, 1.54) is 4.88 Å². The fraction of sp³-hybridized carbons (Fsp3) is 0.600. The van der Waals surface area contributed by atoms with Crippen LogP contribution in [0.15, 0.2) is 11.4 Å².